The average molecular weight is 205 g/mol. The van der Waals surface area contributed by atoms with Crippen LogP contribution in [0.15, 0.2) is 35.9 Å². The van der Waals surface area contributed by atoms with Gasteiger partial charge in [-0.3, -0.25) is 4.98 Å². The van der Waals surface area contributed by atoms with Crippen LogP contribution in [0.4, 0.5) is 0 Å². The van der Waals surface area contributed by atoms with E-state index in [1.807, 2.05) is 18.3 Å². The van der Waals surface area contributed by atoms with Gasteiger partial charge in [0, 0.05) is 18.0 Å². The lowest BCUT2D eigenvalue weighted by Crippen LogP contribution is -1.78. The van der Waals surface area contributed by atoms with Crippen LogP contribution in [-0.4, -0.2) is 20.7 Å². The zero-order chi connectivity index (χ0) is 9.80. The maximum absolute atomic E-state index is 4.27. The van der Waals surface area contributed by atoms with Gasteiger partial charge < -0.3 is 4.98 Å². The smallest absolute Gasteiger partial charge is 0.165 e. The van der Waals surface area contributed by atoms with E-state index in [9.17, 15) is 0 Å². The first-order valence-corrected chi connectivity index (χ1v) is 5.47. The van der Waals surface area contributed by atoms with Crippen LogP contribution in [0.1, 0.15) is 6.92 Å². The predicted octanol–water partition coefficient (Wildman–Crippen LogP) is 2.58. The number of hydrogen-bond acceptors (Lipinski definition) is 3. The molecule has 0 spiro atoms. The first-order valence-electron chi connectivity index (χ1n) is 4.48. The van der Waals surface area contributed by atoms with Crippen LogP contribution in [0, 0.1) is 0 Å². The van der Waals surface area contributed by atoms with E-state index in [0.29, 0.717) is 0 Å². The molecule has 0 fully saturated rings. The van der Waals surface area contributed by atoms with E-state index in [-0.39, 0.29) is 0 Å². The molecule has 72 valence electrons. The van der Waals surface area contributed by atoms with E-state index >= 15 is 0 Å². The molecule has 0 bridgehead atoms. The van der Waals surface area contributed by atoms with Gasteiger partial charge in [-0.25, -0.2) is 4.98 Å². The van der Waals surface area contributed by atoms with Crippen molar-refractivity contribution in [3.05, 3.63) is 30.7 Å². The SMILES string of the molecule is CCSc1ncc(-c2ccncc2)[nH]1. The highest BCUT2D eigenvalue weighted by Gasteiger charge is 2.01. The van der Waals surface area contributed by atoms with E-state index in [0.717, 1.165) is 22.2 Å². The van der Waals surface area contributed by atoms with Gasteiger partial charge in [-0.2, -0.15) is 0 Å². The highest BCUT2D eigenvalue weighted by molar-refractivity contribution is 7.99. The van der Waals surface area contributed by atoms with Crippen molar-refractivity contribution in [2.45, 2.75) is 12.1 Å². The number of H-pyrrole nitrogens is 1. The molecule has 2 rings (SSSR count). The maximum Gasteiger partial charge on any atom is 0.165 e. The minimum Gasteiger partial charge on any atom is -0.333 e. The van der Waals surface area contributed by atoms with Gasteiger partial charge in [0.1, 0.15) is 0 Å². The topological polar surface area (TPSA) is 41.6 Å². The Hall–Kier alpha value is -1.29. The molecule has 1 N–H and O–H groups in total. The lowest BCUT2D eigenvalue weighted by atomic mass is 10.2. The van der Waals surface area contributed by atoms with E-state index in [4.69, 9.17) is 0 Å². The number of thioether (sulfide) groups is 1. The normalized spacial score (nSPS) is 10.4. The molecule has 2 heterocycles. The third-order valence-electron chi connectivity index (χ3n) is 1.82. The van der Waals surface area contributed by atoms with Crippen LogP contribution in [0.25, 0.3) is 11.3 Å². The van der Waals surface area contributed by atoms with Gasteiger partial charge in [0.2, 0.25) is 0 Å². The summed E-state index contributed by atoms with van der Waals surface area (Å²) in [5, 5.41) is 0.972. The van der Waals surface area contributed by atoms with E-state index in [1.165, 1.54) is 0 Å². The lowest BCUT2D eigenvalue weighted by molar-refractivity contribution is 1.06. The molecule has 0 saturated heterocycles. The van der Waals surface area contributed by atoms with Gasteiger partial charge in [-0.05, 0) is 17.9 Å². The third kappa shape index (κ3) is 1.96. The number of nitrogens with zero attached hydrogens (tertiary/aromatic N) is 2. The van der Waals surface area contributed by atoms with Crippen molar-refractivity contribution in [2.24, 2.45) is 0 Å². The Morgan fingerprint density at radius 3 is 2.86 bits per heavy atom. The van der Waals surface area contributed by atoms with E-state index < -0.39 is 0 Å². The van der Waals surface area contributed by atoms with Crippen LogP contribution in [0.3, 0.4) is 0 Å². The molecule has 0 aliphatic carbocycles. The molecule has 0 aromatic carbocycles. The molecule has 2 aromatic heterocycles. The fraction of sp³-hybridized carbons (Fsp3) is 0.200. The van der Waals surface area contributed by atoms with Crippen molar-refractivity contribution in [1.29, 1.82) is 0 Å². The Morgan fingerprint density at radius 2 is 2.14 bits per heavy atom. The third-order valence-corrected chi connectivity index (χ3v) is 2.59. The molecule has 4 heteroatoms. The summed E-state index contributed by atoms with van der Waals surface area (Å²) in [5.41, 5.74) is 2.17. The summed E-state index contributed by atoms with van der Waals surface area (Å²) in [7, 11) is 0. The average Bonchev–Trinajstić information content (AvgIpc) is 2.68. The number of hydrogen-bond donors (Lipinski definition) is 1. The van der Waals surface area contributed by atoms with Crippen molar-refractivity contribution >= 4 is 11.8 Å². The van der Waals surface area contributed by atoms with Crippen LogP contribution >= 0.6 is 11.8 Å². The summed E-state index contributed by atoms with van der Waals surface area (Å²) in [6.45, 7) is 2.11. The number of rotatable bonds is 3. The Balaban J connectivity index is 2.25. The van der Waals surface area contributed by atoms with Crippen LogP contribution in [0.2, 0.25) is 0 Å². The maximum atomic E-state index is 4.27. The van der Waals surface area contributed by atoms with Gasteiger partial charge >= 0.3 is 0 Å². The second-order valence-electron chi connectivity index (χ2n) is 2.77. The zero-order valence-corrected chi connectivity index (χ0v) is 8.71. The Kier molecular flexibility index (Phi) is 2.84. The van der Waals surface area contributed by atoms with E-state index in [1.54, 1.807) is 24.2 Å². The molecule has 3 nitrogen and oxygen atoms in total. The number of imidazole rings is 1. The number of nitrogens with one attached hydrogen (secondary N) is 1. The molecular weight excluding hydrogens is 194 g/mol. The second-order valence-corrected chi connectivity index (χ2v) is 4.02. The Labute approximate surface area is 87.0 Å². The van der Waals surface area contributed by atoms with Crippen LogP contribution in [-0.2, 0) is 0 Å². The Morgan fingerprint density at radius 1 is 1.36 bits per heavy atom. The summed E-state index contributed by atoms with van der Waals surface area (Å²) in [4.78, 5) is 11.5. The first kappa shape index (κ1) is 9.27. The predicted molar refractivity (Wildman–Crippen MR) is 58.2 cm³/mol. The molecule has 0 saturated carbocycles. The molecule has 14 heavy (non-hydrogen) atoms. The molecule has 0 atom stereocenters. The van der Waals surface area contributed by atoms with Gasteiger partial charge in [-0.15, -0.1) is 0 Å². The summed E-state index contributed by atoms with van der Waals surface area (Å²) in [5.74, 6) is 1.03. The van der Waals surface area contributed by atoms with Crippen molar-refractivity contribution < 1.29 is 0 Å². The van der Waals surface area contributed by atoms with Crippen molar-refractivity contribution in [1.82, 2.24) is 15.0 Å². The second kappa shape index (κ2) is 4.28. The molecule has 0 radical (unpaired) electrons. The quantitative estimate of drug-likeness (QED) is 0.783. The van der Waals surface area contributed by atoms with Gasteiger partial charge in [0.25, 0.3) is 0 Å². The standard InChI is InChI=1S/C10H11N3S/c1-2-14-10-12-7-9(13-10)8-3-5-11-6-4-8/h3-7H,2H2,1H3,(H,12,13). The van der Waals surface area contributed by atoms with Crippen molar-refractivity contribution in [3.63, 3.8) is 0 Å². The van der Waals surface area contributed by atoms with Crippen LogP contribution < -0.4 is 0 Å². The molecule has 0 aliphatic rings. The monoisotopic (exact) mass is 205 g/mol. The fourth-order valence-corrected chi connectivity index (χ4v) is 1.77. The summed E-state index contributed by atoms with van der Waals surface area (Å²) in [6.07, 6.45) is 5.42. The molecule has 0 unspecified atom stereocenters. The van der Waals surface area contributed by atoms with Crippen LogP contribution in [0.5, 0.6) is 0 Å². The Bertz CT molecular complexity index is 397. The highest BCUT2D eigenvalue weighted by atomic mass is 32.2. The lowest BCUT2D eigenvalue weighted by Gasteiger charge is -1.94. The van der Waals surface area contributed by atoms with Crippen molar-refractivity contribution in [3.8, 4) is 11.3 Å². The molecule has 0 amide bonds. The van der Waals surface area contributed by atoms with Gasteiger partial charge in [0.15, 0.2) is 5.16 Å². The van der Waals surface area contributed by atoms with E-state index in [2.05, 4.69) is 21.9 Å². The largest absolute Gasteiger partial charge is 0.333 e. The molecular formula is C10H11N3S. The van der Waals surface area contributed by atoms with Gasteiger partial charge in [0.05, 0.1) is 11.9 Å². The summed E-state index contributed by atoms with van der Waals surface area (Å²) < 4.78 is 0. The number of aromatic amines is 1. The molecule has 2 aromatic rings. The minimum atomic E-state index is 0.972. The van der Waals surface area contributed by atoms with Gasteiger partial charge in [-0.1, -0.05) is 18.7 Å². The minimum absolute atomic E-state index is 0.972. The molecule has 0 aliphatic heterocycles. The fourth-order valence-electron chi connectivity index (χ4n) is 1.19. The number of pyridine rings is 1. The zero-order valence-electron chi connectivity index (χ0n) is 7.90. The first-order chi connectivity index (χ1) is 6.90. The highest BCUT2D eigenvalue weighted by Crippen LogP contribution is 2.20. The summed E-state index contributed by atoms with van der Waals surface area (Å²) in [6, 6.07) is 3.93. The summed E-state index contributed by atoms with van der Waals surface area (Å²) >= 11 is 1.71. The van der Waals surface area contributed by atoms with Crippen molar-refractivity contribution in [2.75, 3.05) is 5.75 Å². The number of aromatic nitrogens is 3.